The molecule has 1 aromatic rings. The molecular formula is C15H20FNO2S. The summed E-state index contributed by atoms with van der Waals surface area (Å²) in [5.74, 6) is 0.847. The summed E-state index contributed by atoms with van der Waals surface area (Å²) in [6.45, 7) is 4.61. The normalized spacial score (nSPS) is 21.6. The SMILES string of the molecule is Cc1ccc(C(C)N2CCSCC2CC(=O)O)cc1F. The van der Waals surface area contributed by atoms with Crippen LogP contribution in [0.2, 0.25) is 0 Å². The Labute approximate surface area is 123 Å². The van der Waals surface area contributed by atoms with Gasteiger partial charge in [0, 0.05) is 30.1 Å². The van der Waals surface area contributed by atoms with Crippen molar-refractivity contribution in [1.82, 2.24) is 4.90 Å². The minimum absolute atomic E-state index is 0.0191. The number of hydrogen-bond donors (Lipinski definition) is 1. The second-order valence-corrected chi connectivity index (χ2v) is 6.40. The fourth-order valence-corrected chi connectivity index (χ4v) is 3.70. The van der Waals surface area contributed by atoms with Gasteiger partial charge >= 0.3 is 5.97 Å². The quantitative estimate of drug-likeness (QED) is 0.927. The lowest BCUT2D eigenvalue weighted by Crippen LogP contribution is -2.44. The fraction of sp³-hybridized carbons (Fsp3) is 0.533. The molecule has 20 heavy (non-hydrogen) atoms. The molecule has 0 saturated carbocycles. The lowest BCUT2D eigenvalue weighted by molar-refractivity contribution is -0.138. The average molecular weight is 297 g/mol. The number of benzene rings is 1. The number of carbonyl (C=O) groups is 1. The summed E-state index contributed by atoms with van der Waals surface area (Å²) in [5.41, 5.74) is 1.55. The molecule has 1 heterocycles. The summed E-state index contributed by atoms with van der Waals surface area (Å²) in [6.07, 6.45) is 0.145. The van der Waals surface area contributed by atoms with Gasteiger partial charge in [0.1, 0.15) is 5.82 Å². The molecule has 0 aromatic heterocycles. The fourth-order valence-electron chi connectivity index (χ4n) is 2.62. The van der Waals surface area contributed by atoms with Gasteiger partial charge < -0.3 is 5.11 Å². The molecule has 0 bridgehead atoms. The van der Waals surface area contributed by atoms with Crippen molar-refractivity contribution in [3.05, 3.63) is 35.1 Å². The zero-order chi connectivity index (χ0) is 14.7. The Balaban J connectivity index is 2.17. The summed E-state index contributed by atoms with van der Waals surface area (Å²) in [6, 6.07) is 5.34. The van der Waals surface area contributed by atoms with Gasteiger partial charge in [-0.05, 0) is 31.0 Å². The van der Waals surface area contributed by atoms with E-state index in [2.05, 4.69) is 4.90 Å². The molecule has 2 atom stereocenters. The van der Waals surface area contributed by atoms with E-state index in [9.17, 15) is 9.18 Å². The maximum absolute atomic E-state index is 13.7. The molecule has 110 valence electrons. The van der Waals surface area contributed by atoms with E-state index in [4.69, 9.17) is 5.11 Å². The first kappa shape index (κ1) is 15.3. The van der Waals surface area contributed by atoms with E-state index >= 15 is 0 Å². The predicted molar refractivity (Wildman–Crippen MR) is 79.6 cm³/mol. The number of nitrogens with zero attached hydrogens (tertiary/aromatic N) is 1. The number of hydrogen-bond acceptors (Lipinski definition) is 3. The Hall–Kier alpha value is -1.07. The number of halogens is 1. The van der Waals surface area contributed by atoms with Crippen molar-refractivity contribution >= 4 is 17.7 Å². The van der Waals surface area contributed by atoms with Crippen molar-refractivity contribution < 1.29 is 14.3 Å². The number of aliphatic carboxylic acids is 1. The van der Waals surface area contributed by atoms with Crippen LogP contribution < -0.4 is 0 Å². The van der Waals surface area contributed by atoms with Gasteiger partial charge in [-0.3, -0.25) is 9.69 Å². The molecule has 0 spiro atoms. The smallest absolute Gasteiger partial charge is 0.304 e. The van der Waals surface area contributed by atoms with Crippen LogP contribution in [0.4, 0.5) is 4.39 Å². The molecule has 1 aliphatic rings. The number of aryl methyl sites for hydroxylation is 1. The Bertz CT molecular complexity index is 495. The molecule has 1 fully saturated rings. The molecule has 1 aromatic carbocycles. The van der Waals surface area contributed by atoms with Gasteiger partial charge in [-0.25, -0.2) is 4.39 Å². The van der Waals surface area contributed by atoms with Crippen molar-refractivity contribution in [2.45, 2.75) is 32.4 Å². The maximum Gasteiger partial charge on any atom is 0.304 e. The van der Waals surface area contributed by atoms with Crippen LogP contribution in [-0.4, -0.2) is 40.1 Å². The zero-order valence-corrected chi connectivity index (χ0v) is 12.6. The molecule has 3 nitrogen and oxygen atoms in total. The van der Waals surface area contributed by atoms with Crippen LogP contribution in [0.1, 0.15) is 30.5 Å². The van der Waals surface area contributed by atoms with E-state index < -0.39 is 5.97 Å². The highest BCUT2D eigenvalue weighted by Crippen LogP contribution is 2.29. The number of carboxylic acids is 1. The third-order valence-electron chi connectivity index (χ3n) is 3.86. The summed E-state index contributed by atoms with van der Waals surface area (Å²) in [7, 11) is 0. The van der Waals surface area contributed by atoms with E-state index in [-0.39, 0.29) is 24.3 Å². The van der Waals surface area contributed by atoms with Gasteiger partial charge in [0.25, 0.3) is 0 Å². The Morgan fingerprint density at radius 3 is 3.00 bits per heavy atom. The number of carboxylic acid groups (broad SMARTS) is 1. The Kier molecular flexibility index (Phi) is 5.05. The Morgan fingerprint density at radius 1 is 1.60 bits per heavy atom. The second-order valence-electron chi connectivity index (χ2n) is 5.25. The van der Waals surface area contributed by atoms with Gasteiger partial charge in [-0.2, -0.15) is 11.8 Å². The van der Waals surface area contributed by atoms with E-state index in [0.717, 1.165) is 23.6 Å². The number of thioether (sulfide) groups is 1. The van der Waals surface area contributed by atoms with Crippen LogP contribution in [0.3, 0.4) is 0 Å². The molecule has 0 radical (unpaired) electrons. The van der Waals surface area contributed by atoms with Crippen molar-refractivity contribution in [2.75, 3.05) is 18.1 Å². The summed E-state index contributed by atoms with van der Waals surface area (Å²) in [4.78, 5) is 13.2. The van der Waals surface area contributed by atoms with Crippen LogP contribution in [0.5, 0.6) is 0 Å². The van der Waals surface area contributed by atoms with Crippen LogP contribution in [-0.2, 0) is 4.79 Å². The average Bonchev–Trinajstić information content (AvgIpc) is 2.41. The standard InChI is InChI=1S/C15H20FNO2S/c1-10-3-4-12(7-14(10)16)11(2)17-5-6-20-9-13(17)8-15(18)19/h3-4,7,11,13H,5-6,8-9H2,1-2H3,(H,18,19). The lowest BCUT2D eigenvalue weighted by atomic mass is 10.0. The zero-order valence-electron chi connectivity index (χ0n) is 11.8. The molecule has 0 aliphatic carbocycles. The van der Waals surface area contributed by atoms with Crippen molar-refractivity contribution in [1.29, 1.82) is 0 Å². The molecule has 1 saturated heterocycles. The van der Waals surface area contributed by atoms with E-state index in [1.807, 2.05) is 13.0 Å². The highest BCUT2D eigenvalue weighted by atomic mass is 32.2. The molecule has 2 unspecified atom stereocenters. The van der Waals surface area contributed by atoms with Gasteiger partial charge in [-0.1, -0.05) is 12.1 Å². The molecule has 5 heteroatoms. The Morgan fingerprint density at radius 2 is 2.35 bits per heavy atom. The van der Waals surface area contributed by atoms with Gasteiger partial charge in [0.15, 0.2) is 0 Å². The highest BCUT2D eigenvalue weighted by Gasteiger charge is 2.29. The second kappa shape index (κ2) is 6.59. The molecular weight excluding hydrogens is 277 g/mol. The van der Waals surface area contributed by atoms with Crippen LogP contribution in [0, 0.1) is 12.7 Å². The van der Waals surface area contributed by atoms with Gasteiger partial charge in [0.2, 0.25) is 0 Å². The van der Waals surface area contributed by atoms with E-state index in [1.165, 1.54) is 0 Å². The number of rotatable bonds is 4. The highest BCUT2D eigenvalue weighted by molar-refractivity contribution is 7.99. The third-order valence-corrected chi connectivity index (χ3v) is 4.95. The van der Waals surface area contributed by atoms with E-state index in [0.29, 0.717) is 5.56 Å². The molecule has 1 N–H and O–H groups in total. The molecule has 1 aliphatic heterocycles. The lowest BCUT2D eigenvalue weighted by Gasteiger charge is -2.39. The van der Waals surface area contributed by atoms with Crippen LogP contribution >= 0.6 is 11.8 Å². The van der Waals surface area contributed by atoms with Gasteiger partial charge in [0.05, 0.1) is 6.42 Å². The minimum Gasteiger partial charge on any atom is -0.481 e. The van der Waals surface area contributed by atoms with Gasteiger partial charge in [-0.15, -0.1) is 0 Å². The monoisotopic (exact) mass is 297 g/mol. The largest absolute Gasteiger partial charge is 0.481 e. The first-order valence-corrected chi connectivity index (χ1v) is 7.96. The third kappa shape index (κ3) is 3.52. The first-order chi connectivity index (χ1) is 9.49. The van der Waals surface area contributed by atoms with Crippen molar-refractivity contribution in [2.24, 2.45) is 0 Å². The molecule has 0 amide bonds. The summed E-state index contributed by atoms with van der Waals surface area (Å²) in [5, 5.41) is 9.02. The summed E-state index contributed by atoms with van der Waals surface area (Å²) >= 11 is 1.79. The minimum atomic E-state index is -0.773. The molecule has 2 rings (SSSR count). The predicted octanol–water partition coefficient (Wildman–Crippen LogP) is 3.09. The van der Waals surface area contributed by atoms with Crippen molar-refractivity contribution in [3.8, 4) is 0 Å². The topological polar surface area (TPSA) is 40.5 Å². The summed E-state index contributed by atoms with van der Waals surface area (Å²) < 4.78 is 13.7. The first-order valence-electron chi connectivity index (χ1n) is 6.80. The maximum atomic E-state index is 13.7. The van der Waals surface area contributed by atoms with Crippen molar-refractivity contribution in [3.63, 3.8) is 0 Å². The van der Waals surface area contributed by atoms with Crippen LogP contribution in [0.25, 0.3) is 0 Å². The van der Waals surface area contributed by atoms with E-state index in [1.54, 1.807) is 30.8 Å². The van der Waals surface area contributed by atoms with Crippen LogP contribution in [0.15, 0.2) is 18.2 Å².